The molecule has 17 heteroatoms. The van der Waals surface area contributed by atoms with Crippen LogP contribution in [0.1, 0.15) is 37.9 Å². The number of carbonyl (C=O) groups excluding carboxylic acids is 1. The van der Waals surface area contributed by atoms with Crippen LogP contribution >= 0.6 is 0 Å². The zero-order chi connectivity index (χ0) is 31.8. The number of aliphatic hydroxyl groups is 3. The van der Waals surface area contributed by atoms with Crippen molar-refractivity contribution in [3.8, 4) is 0 Å². The van der Waals surface area contributed by atoms with Crippen LogP contribution < -0.4 is 10.2 Å². The van der Waals surface area contributed by atoms with E-state index in [0.717, 1.165) is 12.1 Å². The minimum atomic E-state index is -5.12. The third-order valence-corrected chi connectivity index (χ3v) is 8.52. The van der Waals surface area contributed by atoms with Crippen LogP contribution in [0.25, 0.3) is 11.2 Å². The van der Waals surface area contributed by atoms with Gasteiger partial charge in [-0.3, -0.25) is 4.79 Å². The summed E-state index contributed by atoms with van der Waals surface area (Å²) in [5, 5.41) is 35.4. The number of carbonyl (C=O) groups is 1. The molecule has 1 saturated carbocycles. The summed E-state index contributed by atoms with van der Waals surface area (Å²) in [5.74, 6) is -1.34. The van der Waals surface area contributed by atoms with Gasteiger partial charge < -0.3 is 44.9 Å². The maximum absolute atomic E-state index is 13.4. The smallest absolute Gasteiger partial charge is 0.394 e. The number of halogens is 3. The van der Waals surface area contributed by atoms with Crippen LogP contribution in [-0.4, -0.2) is 137 Å². The van der Waals surface area contributed by atoms with Gasteiger partial charge >= 0.3 is 12.1 Å². The fraction of sp³-hybridized carbons (Fsp3) is 0.667. The monoisotopic (exact) mass is 624 g/mol. The number of aromatic amines is 1. The first-order valence-electron chi connectivity index (χ1n) is 14.7. The van der Waals surface area contributed by atoms with Crippen LogP contribution in [0, 0.1) is 0 Å². The predicted octanol–water partition coefficient (Wildman–Crippen LogP) is 0.541. The fourth-order valence-electron chi connectivity index (χ4n) is 6.14. The molecule has 5 rings (SSSR count). The summed E-state index contributed by atoms with van der Waals surface area (Å²) in [7, 11) is 3.99. The van der Waals surface area contributed by atoms with Gasteiger partial charge in [0.05, 0.1) is 37.4 Å². The van der Waals surface area contributed by atoms with Gasteiger partial charge in [-0.1, -0.05) is 6.92 Å². The highest BCUT2D eigenvalue weighted by Gasteiger charge is 2.51. The Morgan fingerprint density at radius 3 is 2.64 bits per heavy atom. The SMILES string of the molecule is CCCN(C(=O)C(F)(F)F)C1C[C@@H](n2cnc3c(N[C@H](CO)Cc4cnc[nH]4)nc(N4CC[C@@H](N(C)C)C4)nc32)[C@H](O)[C@@H]1O. The van der Waals surface area contributed by atoms with E-state index in [9.17, 15) is 33.3 Å². The van der Waals surface area contributed by atoms with Gasteiger partial charge in [-0.05, 0) is 33.4 Å². The Kier molecular flexibility index (Phi) is 9.29. The number of imidazole rings is 2. The van der Waals surface area contributed by atoms with Crippen molar-refractivity contribution in [1.29, 1.82) is 0 Å². The normalized spacial score (nSPS) is 24.9. The molecule has 1 saturated heterocycles. The number of nitrogens with one attached hydrogen (secondary N) is 2. The van der Waals surface area contributed by atoms with Crippen LogP contribution in [-0.2, 0) is 11.2 Å². The zero-order valence-electron chi connectivity index (χ0n) is 24.8. The number of hydrogen-bond donors (Lipinski definition) is 5. The molecule has 14 nitrogen and oxygen atoms in total. The van der Waals surface area contributed by atoms with Crippen molar-refractivity contribution in [2.24, 2.45) is 0 Å². The number of likely N-dealkylation sites (N-methyl/N-ethyl adjacent to an activating group) is 1. The minimum Gasteiger partial charge on any atom is -0.394 e. The second kappa shape index (κ2) is 12.8. The Balaban J connectivity index is 1.52. The molecule has 1 unspecified atom stereocenters. The molecule has 3 aromatic rings. The second-order valence-corrected chi connectivity index (χ2v) is 11.7. The molecule has 44 heavy (non-hydrogen) atoms. The van der Waals surface area contributed by atoms with Crippen LogP contribution in [0.5, 0.6) is 0 Å². The van der Waals surface area contributed by atoms with Crippen LogP contribution in [0.15, 0.2) is 18.9 Å². The number of amides is 1. The van der Waals surface area contributed by atoms with Crippen LogP contribution in [0.2, 0.25) is 0 Å². The lowest BCUT2D eigenvalue weighted by atomic mass is 10.1. The van der Waals surface area contributed by atoms with Crippen molar-refractivity contribution in [1.82, 2.24) is 39.3 Å². The number of hydrogen-bond acceptors (Lipinski definition) is 11. The number of aromatic nitrogens is 6. The van der Waals surface area contributed by atoms with Gasteiger partial charge in [0.15, 0.2) is 17.0 Å². The average Bonchev–Trinajstić information content (AvgIpc) is 3.79. The van der Waals surface area contributed by atoms with E-state index >= 15 is 0 Å². The first-order valence-corrected chi connectivity index (χ1v) is 14.7. The largest absolute Gasteiger partial charge is 0.471 e. The van der Waals surface area contributed by atoms with Crippen molar-refractivity contribution in [3.63, 3.8) is 0 Å². The molecule has 2 fully saturated rings. The molecule has 1 aliphatic heterocycles. The van der Waals surface area contributed by atoms with E-state index in [4.69, 9.17) is 9.97 Å². The van der Waals surface area contributed by atoms with Gasteiger partial charge in [-0.2, -0.15) is 23.1 Å². The Morgan fingerprint density at radius 1 is 1.25 bits per heavy atom. The Labute approximate surface area is 251 Å². The van der Waals surface area contributed by atoms with Crippen molar-refractivity contribution < 1.29 is 33.3 Å². The number of anilines is 2. The first kappa shape index (κ1) is 31.9. The number of alkyl halides is 3. The van der Waals surface area contributed by atoms with E-state index in [2.05, 4.69) is 25.2 Å². The predicted molar refractivity (Wildman–Crippen MR) is 154 cm³/mol. The van der Waals surface area contributed by atoms with Gasteiger partial charge in [-0.15, -0.1) is 0 Å². The van der Waals surface area contributed by atoms with Gasteiger partial charge in [0.1, 0.15) is 12.2 Å². The summed E-state index contributed by atoms with van der Waals surface area (Å²) in [5.41, 5.74) is 1.41. The molecule has 0 spiro atoms. The quantitative estimate of drug-likeness (QED) is 0.202. The molecule has 2 aliphatic rings. The lowest BCUT2D eigenvalue weighted by molar-refractivity contribution is -0.190. The molecular formula is C27H39F3N10O4. The molecule has 4 heterocycles. The van der Waals surface area contributed by atoms with E-state index in [1.54, 1.807) is 19.4 Å². The molecular weight excluding hydrogens is 585 g/mol. The molecule has 242 valence electrons. The van der Waals surface area contributed by atoms with E-state index < -0.39 is 42.4 Å². The summed E-state index contributed by atoms with van der Waals surface area (Å²) in [6, 6.07) is -2.40. The van der Waals surface area contributed by atoms with Gasteiger partial charge in [0.2, 0.25) is 5.95 Å². The van der Waals surface area contributed by atoms with Gasteiger partial charge in [-0.25, -0.2) is 9.97 Å². The van der Waals surface area contributed by atoms with Crippen molar-refractivity contribution in [2.75, 3.05) is 50.6 Å². The number of rotatable bonds is 11. The lowest BCUT2D eigenvalue weighted by Crippen LogP contribution is -2.51. The van der Waals surface area contributed by atoms with Crippen molar-refractivity contribution in [3.05, 3.63) is 24.5 Å². The maximum atomic E-state index is 13.4. The molecule has 3 aromatic heterocycles. The fourth-order valence-corrected chi connectivity index (χ4v) is 6.14. The first-order chi connectivity index (χ1) is 20.9. The van der Waals surface area contributed by atoms with Crippen LogP contribution in [0.3, 0.4) is 0 Å². The molecule has 1 amide bonds. The summed E-state index contributed by atoms with van der Waals surface area (Å²) >= 11 is 0. The molecule has 0 aromatic carbocycles. The highest BCUT2D eigenvalue weighted by atomic mass is 19.4. The highest BCUT2D eigenvalue weighted by molar-refractivity contribution is 5.85. The summed E-state index contributed by atoms with van der Waals surface area (Å²) in [4.78, 5) is 38.1. The Hall–Kier alpha value is -3.54. The number of nitrogens with zero attached hydrogens (tertiary/aromatic N) is 8. The van der Waals surface area contributed by atoms with E-state index in [1.807, 2.05) is 19.0 Å². The summed E-state index contributed by atoms with van der Waals surface area (Å²) < 4.78 is 41.9. The van der Waals surface area contributed by atoms with Crippen molar-refractivity contribution in [2.45, 2.75) is 75.2 Å². The van der Waals surface area contributed by atoms with Gasteiger partial charge in [0.25, 0.3) is 0 Å². The number of aliphatic hydroxyl groups excluding tert-OH is 3. The summed E-state index contributed by atoms with van der Waals surface area (Å²) in [6.45, 7) is 2.50. The standard InChI is InChI=1S/C27H39F3N10O4/c1-4-6-39(25(44)27(28,29)30)18-9-19(22(43)21(18)42)40-14-33-20-23(34-16(12-41)8-15-10-31-13-32-15)35-26(36-24(20)40)38-7-5-17(11-38)37(2)3/h10,13-14,16-19,21-22,41-43H,4-9,11-12H2,1-3H3,(H,31,32)(H,34,35,36)/t16-,17+,18?,19+,21+,22-/m0/s1. The molecule has 0 bridgehead atoms. The molecule has 0 radical (unpaired) electrons. The average molecular weight is 625 g/mol. The Bertz CT molecular complexity index is 1420. The minimum absolute atomic E-state index is 0.150. The third-order valence-electron chi connectivity index (χ3n) is 8.52. The third kappa shape index (κ3) is 6.31. The van der Waals surface area contributed by atoms with Crippen LogP contribution in [0.4, 0.5) is 24.9 Å². The highest BCUT2D eigenvalue weighted by Crippen LogP contribution is 2.38. The van der Waals surface area contributed by atoms with E-state index in [-0.39, 0.29) is 32.0 Å². The maximum Gasteiger partial charge on any atom is 0.471 e. The molecule has 1 aliphatic carbocycles. The van der Waals surface area contributed by atoms with E-state index in [1.165, 1.54) is 10.9 Å². The van der Waals surface area contributed by atoms with E-state index in [0.29, 0.717) is 47.3 Å². The zero-order valence-corrected chi connectivity index (χ0v) is 24.8. The summed E-state index contributed by atoms with van der Waals surface area (Å²) in [6.07, 6.45) is -2.27. The Morgan fingerprint density at radius 2 is 2.02 bits per heavy atom. The molecule has 5 N–H and O–H groups in total. The molecule has 6 atom stereocenters. The topological polar surface area (TPSA) is 172 Å². The lowest BCUT2D eigenvalue weighted by Gasteiger charge is -2.31. The number of fused-ring (bicyclic) bond motifs is 1. The second-order valence-electron chi connectivity index (χ2n) is 11.7. The van der Waals surface area contributed by atoms with Crippen molar-refractivity contribution >= 4 is 28.8 Å². The van der Waals surface area contributed by atoms with Gasteiger partial charge in [0, 0.05) is 44.0 Å². The number of H-pyrrole nitrogens is 1.